The van der Waals surface area contributed by atoms with Crippen molar-refractivity contribution in [3.8, 4) is 5.75 Å². The van der Waals surface area contributed by atoms with Crippen molar-refractivity contribution < 1.29 is 9.84 Å². The van der Waals surface area contributed by atoms with E-state index in [-0.39, 0.29) is 10.4 Å². The maximum absolute atomic E-state index is 10.0. The summed E-state index contributed by atoms with van der Waals surface area (Å²) >= 11 is 3.47. The standard InChI is InChI=1S/C11H13BrO2/c1-11(2)10(12)9(13)7-5-3-4-6-8(7)14-11/h3-6,9-10,13H,1-2H3. The largest absolute Gasteiger partial charge is 0.486 e. The summed E-state index contributed by atoms with van der Waals surface area (Å²) < 4.78 is 5.80. The molecule has 0 fully saturated rings. The van der Waals surface area contributed by atoms with Crippen molar-refractivity contribution in [1.82, 2.24) is 0 Å². The molecular formula is C11H13BrO2. The fraction of sp³-hybridized carbons (Fsp3) is 0.455. The van der Waals surface area contributed by atoms with Gasteiger partial charge in [0, 0.05) is 5.56 Å². The normalized spacial score (nSPS) is 29.1. The lowest BCUT2D eigenvalue weighted by Crippen LogP contribution is -2.45. The minimum atomic E-state index is -0.505. The van der Waals surface area contributed by atoms with Crippen LogP contribution >= 0.6 is 15.9 Å². The molecule has 0 bridgehead atoms. The molecule has 0 aliphatic carbocycles. The van der Waals surface area contributed by atoms with Gasteiger partial charge in [0.2, 0.25) is 0 Å². The van der Waals surface area contributed by atoms with Gasteiger partial charge in [-0.3, -0.25) is 0 Å². The highest BCUT2D eigenvalue weighted by Gasteiger charge is 2.41. The molecule has 0 amide bonds. The summed E-state index contributed by atoms with van der Waals surface area (Å²) in [5, 5.41) is 10.0. The summed E-state index contributed by atoms with van der Waals surface area (Å²) in [5.41, 5.74) is 0.474. The van der Waals surface area contributed by atoms with E-state index in [1.165, 1.54) is 0 Å². The van der Waals surface area contributed by atoms with Gasteiger partial charge in [-0.05, 0) is 19.9 Å². The Bertz CT molecular complexity index is 349. The molecule has 2 nitrogen and oxygen atoms in total. The molecule has 2 unspecified atom stereocenters. The Labute approximate surface area is 92.0 Å². The zero-order valence-corrected chi connectivity index (χ0v) is 9.78. The molecule has 0 aromatic heterocycles. The second kappa shape index (κ2) is 3.24. The minimum absolute atomic E-state index is 0.0788. The fourth-order valence-electron chi connectivity index (χ4n) is 1.70. The first-order valence-corrected chi connectivity index (χ1v) is 5.54. The molecule has 2 atom stereocenters. The van der Waals surface area contributed by atoms with Gasteiger partial charge in [-0.25, -0.2) is 0 Å². The van der Waals surface area contributed by atoms with E-state index in [1.807, 2.05) is 38.1 Å². The van der Waals surface area contributed by atoms with Gasteiger partial charge in [0.15, 0.2) is 0 Å². The monoisotopic (exact) mass is 256 g/mol. The van der Waals surface area contributed by atoms with Crippen LogP contribution in [0.15, 0.2) is 24.3 Å². The van der Waals surface area contributed by atoms with Crippen molar-refractivity contribution in [3.63, 3.8) is 0 Å². The first kappa shape index (κ1) is 9.99. The average molecular weight is 257 g/mol. The summed E-state index contributed by atoms with van der Waals surface area (Å²) in [6, 6.07) is 7.60. The number of hydrogen-bond acceptors (Lipinski definition) is 2. The smallest absolute Gasteiger partial charge is 0.126 e. The Morgan fingerprint density at radius 1 is 1.36 bits per heavy atom. The number of hydrogen-bond donors (Lipinski definition) is 1. The van der Waals surface area contributed by atoms with Crippen molar-refractivity contribution in [1.29, 1.82) is 0 Å². The Hall–Kier alpha value is -0.540. The number of rotatable bonds is 0. The maximum atomic E-state index is 10.0. The third kappa shape index (κ3) is 1.44. The summed E-state index contributed by atoms with van der Waals surface area (Å²) in [7, 11) is 0. The third-order valence-electron chi connectivity index (χ3n) is 2.55. The number of aliphatic hydroxyl groups is 1. The van der Waals surface area contributed by atoms with Gasteiger partial charge in [-0.1, -0.05) is 34.1 Å². The number of para-hydroxylation sites is 1. The molecule has 1 heterocycles. The van der Waals surface area contributed by atoms with Gasteiger partial charge in [0.05, 0.1) is 10.9 Å². The fourth-order valence-corrected chi connectivity index (χ4v) is 2.07. The van der Waals surface area contributed by atoms with Crippen LogP contribution in [0, 0.1) is 0 Å². The van der Waals surface area contributed by atoms with Crippen molar-refractivity contribution in [2.75, 3.05) is 0 Å². The SMILES string of the molecule is CC1(C)Oc2ccccc2C(O)C1Br. The van der Waals surface area contributed by atoms with Crippen molar-refractivity contribution >= 4 is 15.9 Å². The number of aliphatic hydroxyl groups excluding tert-OH is 1. The zero-order valence-electron chi connectivity index (χ0n) is 8.20. The highest BCUT2D eigenvalue weighted by molar-refractivity contribution is 9.09. The zero-order chi connectivity index (χ0) is 10.3. The molecule has 1 aromatic rings. The molecule has 1 aliphatic heterocycles. The van der Waals surface area contributed by atoms with E-state index >= 15 is 0 Å². The quantitative estimate of drug-likeness (QED) is 0.724. The summed E-state index contributed by atoms with van der Waals surface area (Å²) in [4.78, 5) is -0.0788. The van der Waals surface area contributed by atoms with Crippen LogP contribution in [-0.4, -0.2) is 15.5 Å². The lowest BCUT2D eigenvalue weighted by molar-refractivity contribution is 0.0226. The first-order valence-electron chi connectivity index (χ1n) is 4.62. The third-order valence-corrected chi connectivity index (χ3v) is 4.16. The van der Waals surface area contributed by atoms with Crippen LogP contribution in [0.5, 0.6) is 5.75 Å². The van der Waals surface area contributed by atoms with Crippen LogP contribution in [0.3, 0.4) is 0 Å². The molecule has 14 heavy (non-hydrogen) atoms. The topological polar surface area (TPSA) is 29.5 Å². The second-order valence-corrected chi connectivity index (χ2v) is 5.08. The first-order chi connectivity index (χ1) is 6.52. The highest BCUT2D eigenvalue weighted by Crippen LogP contribution is 2.42. The van der Waals surface area contributed by atoms with Gasteiger partial charge in [0.1, 0.15) is 11.4 Å². The number of ether oxygens (including phenoxy) is 1. The van der Waals surface area contributed by atoms with Crippen LogP contribution in [0.25, 0.3) is 0 Å². The van der Waals surface area contributed by atoms with Crippen molar-refractivity contribution in [3.05, 3.63) is 29.8 Å². The van der Waals surface area contributed by atoms with Crippen LogP contribution in [0.1, 0.15) is 25.5 Å². The molecule has 2 rings (SSSR count). The maximum Gasteiger partial charge on any atom is 0.126 e. The van der Waals surface area contributed by atoms with Crippen LogP contribution in [0.4, 0.5) is 0 Å². The molecule has 1 N–H and O–H groups in total. The summed E-state index contributed by atoms with van der Waals surface area (Å²) in [6.07, 6.45) is -0.505. The minimum Gasteiger partial charge on any atom is -0.486 e. The van der Waals surface area contributed by atoms with Gasteiger partial charge < -0.3 is 9.84 Å². The molecule has 0 radical (unpaired) electrons. The molecule has 0 saturated heterocycles. The molecule has 0 saturated carbocycles. The van der Waals surface area contributed by atoms with E-state index in [0.29, 0.717) is 0 Å². The predicted octanol–water partition coefficient (Wildman–Crippen LogP) is 2.65. The van der Waals surface area contributed by atoms with E-state index < -0.39 is 6.10 Å². The predicted molar refractivity (Wildman–Crippen MR) is 58.8 cm³/mol. The molecule has 76 valence electrons. The Balaban J connectivity index is 2.48. The second-order valence-electron chi connectivity index (χ2n) is 4.09. The lowest BCUT2D eigenvalue weighted by Gasteiger charge is -2.39. The number of benzene rings is 1. The van der Waals surface area contributed by atoms with E-state index in [0.717, 1.165) is 11.3 Å². The van der Waals surface area contributed by atoms with Crippen LogP contribution in [0.2, 0.25) is 0 Å². The van der Waals surface area contributed by atoms with Gasteiger partial charge >= 0.3 is 0 Å². The molecule has 0 spiro atoms. The van der Waals surface area contributed by atoms with Gasteiger partial charge in [-0.15, -0.1) is 0 Å². The van der Waals surface area contributed by atoms with Crippen LogP contribution < -0.4 is 4.74 Å². The number of fused-ring (bicyclic) bond motifs is 1. The summed E-state index contributed by atoms with van der Waals surface area (Å²) in [6.45, 7) is 3.93. The van der Waals surface area contributed by atoms with E-state index in [4.69, 9.17) is 4.74 Å². The highest BCUT2D eigenvalue weighted by atomic mass is 79.9. The van der Waals surface area contributed by atoms with E-state index in [9.17, 15) is 5.11 Å². The molecule has 1 aromatic carbocycles. The summed E-state index contributed by atoms with van der Waals surface area (Å²) in [5.74, 6) is 0.778. The van der Waals surface area contributed by atoms with Crippen LogP contribution in [-0.2, 0) is 0 Å². The Kier molecular flexibility index (Phi) is 2.32. The number of alkyl halides is 1. The van der Waals surface area contributed by atoms with Crippen molar-refractivity contribution in [2.45, 2.75) is 30.4 Å². The van der Waals surface area contributed by atoms with Gasteiger partial charge in [-0.2, -0.15) is 0 Å². The average Bonchev–Trinajstić information content (AvgIpc) is 2.14. The van der Waals surface area contributed by atoms with Gasteiger partial charge in [0.25, 0.3) is 0 Å². The van der Waals surface area contributed by atoms with E-state index in [1.54, 1.807) is 0 Å². The molecule has 1 aliphatic rings. The Morgan fingerprint density at radius 3 is 2.71 bits per heavy atom. The number of halogens is 1. The molecular weight excluding hydrogens is 244 g/mol. The molecule has 3 heteroatoms. The lowest BCUT2D eigenvalue weighted by atomic mass is 9.92. The van der Waals surface area contributed by atoms with Crippen molar-refractivity contribution in [2.24, 2.45) is 0 Å². The Morgan fingerprint density at radius 2 is 2.00 bits per heavy atom. The van der Waals surface area contributed by atoms with E-state index in [2.05, 4.69) is 15.9 Å².